The molecule has 3 rings (SSSR count). The van der Waals surface area contributed by atoms with Gasteiger partial charge in [-0.1, -0.05) is 29.4 Å². The fraction of sp³-hybridized carbons (Fsp3) is 0.0714. The third-order valence-corrected chi connectivity index (χ3v) is 4.13. The molecule has 108 valence electrons. The second-order valence-corrected chi connectivity index (χ2v) is 6.23. The van der Waals surface area contributed by atoms with E-state index in [2.05, 4.69) is 9.88 Å². The first-order valence-electron chi connectivity index (χ1n) is 6.17. The number of nitrogens with zero attached hydrogens (tertiary/aromatic N) is 1. The van der Waals surface area contributed by atoms with E-state index in [1.807, 2.05) is 0 Å². The molecule has 7 heteroatoms. The van der Waals surface area contributed by atoms with Crippen molar-refractivity contribution in [2.75, 3.05) is 4.72 Å². The van der Waals surface area contributed by atoms with Gasteiger partial charge in [0.05, 0.1) is 5.69 Å². The number of hydrogen-bond acceptors (Lipinski definition) is 5. The quantitative estimate of drug-likeness (QED) is 0.722. The van der Waals surface area contributed by atoms with E-state index in [0.717, 1.165) is 0 Å². The zero-order valence-corrected chi connectivity index (χ0v) is 11.7. The lowest BCUT2D eigenvalue weighted by atomic mass is 10.2. The SMILES string of the molecule is O=S(=O)(Cc1noc2ccccc12)Nc1ccccc1O. The van der Waals surface area contributed by atoms with Crippen molar-refractivity contribution in [2.24, 2.45) is 0 Å². The first-order valence-corrected chi connectivity index (χ1v) is 7.82. The number of nitrogens with one attached hydrogen (secondary N) is 1. The molecule has 0 spiro atoms. The van der Waals surface area contributed by atoms with Crippen LogP contribution in [-0.2, 0) is 15.8 Å². The number of aromatic nitrogens is 1. The number of hydrogen-bond donors (Lipinski definition) is 2. The van der Waals surface area contributed by atoms with Gasteiger partial charge in [0.2, 0.25) is 10.0 Å². The van der Waals surface area contributed by atoms with Gasteiger partial charge in [0.1, 0.15) is 17.2 Å². The Morgan fingerprint density at radius 1 is 1.10 bits per heavy atom. The molecule has 0 aliphatic carbocycles. The molecule has 0 saturated heterocycles. The lowest BCUT2D eigenvalue weighted by Crippen LogP contribution is -2.15. The van der Waals surface area contributed by atoms with Crippen LogP contribution in [0.15, 0.2) is 53.1 Å². The Morgan fingerprint density at radius 3 is 2.62 bits per heavy atom. The standard InChI is InChI=1S/C14H12N2O4S/c17-13-7-3-2-6-11(13)16-21(18,19)9-12-10-5-1-4-8-14(10)20-15-12/h1-8,16-17H,9H2. The van der Waals surface area contributed by atoms with E-state index in [1.54, 1.807) is 36.4 Å². The van der Waals surface area contributed by atoms with E-state index in [0.29, 0.717) is 16.7 Å². The Morgan fingerprint density at radius 2 is 1.81 bits per heavy atom. The maximum Gasteiger partial charge on any atom is 0.238 e. The largest absolute Gasteiger partial charge is 0.506 e. The molecule has 0 atom stereocenters. The predicted octanol–water partition coefficient (Wildman–Crippen LogP) is 2.48. The van der Waals surface area contributed by atoms with Crippen LogP contribution in [-0.4, -0.2) is 18.7 Å². The van der Waals surface area contributed by atoms with Crippen molar-refractivity contribution in [2.45, 2.75) is 5.75 Å². The predicted molar refractivity (Wildman–Crippen MR) is 78.4 cm³/mol. The van der Waals surface area contributed by atoms with Gasteiger partial charge in [0.25, 0.3) is 0 Å². The highest BCUT2D eigenvalue weighted by Crippen LogP contribution is 2.25. The highest BCUT2D eigenvalue weighted by Gasteiger charge is 2.18. The average molecular weight is 304 g/mol. The number of sulfonamides is 1. The first-order chi connectivity index (χ1) is 10.1. The minimum absolute atomic E-state index is 0.130. The molecule has 2 N–H and O–H groups in total. The molecule has 2 aromatic carbocycles. The van der Waals surface area contributed by atoms with Gasteiger partial charge >= 0.3 is 0 Å². The van der Waals surface area contributed by atoms with Gasteiger partial charge in [-0.2, -0.15) is 0 Å². The summed E-state index contributed by atoms with van der Waals surface area (Å²) in [5.41, 5.74) is 0.990. The first kappa shape index (κ1) is 13.4. The molecular weight excluding hydrogens is 292 g/mol. The normalized spacial score (nSPS) is 11.6. The van der Waals surface area contributed by atoms with Crippen LogP contribution < -0.4 is 4.72 Å². The Balaban J connectivity index is 1.88. The lowest BCUT2D eigenvalue weighted by molar-refractivity contribution is 0.448. The summed E-state index contributed by atoms with van der Waals surface area (Å²) in [5, 5.41) is 14.1. The molecule has 0 saturated carbocycles. The number of rotatable bonds is 4. The van der Waals surface area contributed by atoms with Gasteiger partial charge in [-0.25, -0.2) is 8.42 Å². The fourth-order valence-corrected chi connectivity index (χ4v) is 3.13. The van der Waals surface area contributed by atoms with E-state index in [9.17, 15) is 13.5 Å². The molecule has 0 unspecified atom stereocenters. The summed E-state index contributed by atoms with van der Waals surface area (Å²) in [6, 6.07) is 13.2. The summed E-state index contributed by atoms with van der Waals surface area (Å²) in [5.74, 6) is -0.468. The highest BCUT2D eigenvalue weighted by molar-refractivity contribution is 7.91. The van der Waals surface area contributed by atoms with Gasteiger partial charge < -0.3 is 9.63 Å². The number of fused-ring (bicyclic) bond motifs is 1. The molecule has 1 aromatic heterocycles. The summed E-state index contributed by atoms with van der Waals surface area (Å²) in [6.45, 7) is 0. The van der Waals surface area contributed by atoms with Crippen molar-refractivity contribution < 1.29 is 18.0 Å². The van der Waals surface area contributed by atoms with Gasteiger partial charge in [-0.15, -0.1) is 0 Å². The van der Waals surface area contributed by atoms with Crippen molar-refractivity contribution in [3.8, 4) is 5.75 Å². The molecule has 0 radical (unpaired) electrons. The number of aromatic hydroxyl groups is 1. The van der Waals surface area contributed by atoms with E-state index < -0.39 is 10.0 Å². The molecule has 1 heterocycles. The van der Waals surface area contributed by atoms with Crippen molar-refractivity contribution >= 4 is 26.7 Å². The third kappa shape index (κ3) is 2.82. The van der Waals surface area contributed by atoms with Crippen LogP contribution in [0, 0.1) is 0 Å². The maximum atomic E-state index is 12.2. The monoisotopic (exact) mass is 304 g/mol. The Bertz CT molecular complexity index is 887. The topological polar surface area (TPSA) is 92.4 Å². The fourth-order valence-electron chi connectivity index (χ4n) is 1.99. The summed E-state index contributed by atoms with van der Waals surface area (Å²) in [7, 11) is -3.70. The zero-order chi connectivity index (χ0) is 14.9. The molecule has 0 amide bonds. The van der Waals surface area contributed by atoms with Crippen molar-refractivity contribution in [3.05, 3.63) is 54.2 Å². The van der Waals surface area contributed by atoms with E-state index in [-0.39, 0.29) is 17.2 Å². The molecule has 6 nitrogen and oxygen atoms in total. The number of benzene rings is 2. The molecule has 0 aliphatic rings. The van der Waals surface area contributed by atoms with E-state index >= 15 is 0 Å². The van der Waals surface area contributed by atoms with Crippen LogP contribution in [0.4, 0.5) is 5.69 Å². The third-order valence-electron chi connectivity index (χ3n) is 2.95. The van der Waals surface area contributed by atoms with E-state index in [1.165, 1.54) is 12.1 Å². The second kappa shape index (κ2) is 5.10. The number of phenolic OH excluding ortho intramolecular Hbond substituents is 1. The van der Waals surface area contributed by atoms with Crippen LogP contribution in [0.1, 0.15) is 5.69 Å². The second-order valence-electron chi connectivity index (χ2n) is 4.50. The van der Waals surface area contributed by atoms with Crippen molar-refractivity contribution in [3.63, 3.8) is 0 Å². The number of anilines is 1. The van der Waals surface area contributed by atoms with Gasteiger partial charge in [-0.3, -0.25) is 4.72 Å². The number of phenols is 1. The van der Waals surface area contributed by atoms with Gasteiger partial charge in [-0.05, 0) is 24.3 Å². The van der Waals surface area contributed by atoms with Crippen LogP contribution in [0.2, 0.25) is 0 Å². The van der Waals surface area contributed by atoms with Crippen LogP contribution in [0.25, 0.3) is 11.0 Å². The minimum atomic E-state index is -3.70. The smallest absolute Gasteiger partial charge is 0.238 e. The maximum absolute atomic E-state index is 12.2. The molecule has 0 fully saturated rings. The average Bonchev–Trinajstić information content (AvgIpc) is 2.84. The summed E-state index contributed by atoms with van der Waals surface area (Å²) in [4.78, 5) is 0. The summed E-state index contributed by atoms with van der Waals surface area (Å²) < 4.78 is 31.7. The van der Waals surface area contributed by atoms with Crippen LogP contribution in [0.3, 0.4) is 0 Å². The zero-order valence-electron chi connectivity index (χ0n) is 10.9. The molecule has 0 aliphatic heterocycles. The van der Waals surface area contributed by atoms with E-state index in [4.69, 9.17) is 4.52 Å². The molecule has 0 bridgehead atoms. The lowest BCUT2D eigenvalue weighted by Gasteiger charge is -2.08. The van der Waals surface area contributed by atoms with Crippen molar-refractivity contribution in [1.82, 2.24) is 5.16 Å². The Labute approximate surface area is 121 Å². The Hall–Kier alpha value is -2.54. The number of para-hydroxylation sites is 3. The van der Waals surface area contributed by atoms with Crippen molar-refractivity contribution in [1.29, 1.82) is 0 Å². The minimum Gasteiger partial charge on any atom is -0.506 e. The van der Waals surface area contributed by atoms with Crippen LogP contribution >= 0.6 is 0 Å². The summed E-state index contributed by atoms with van der Waals surface area (Å²) >= 11 is 0. The Kier molecular flexibility index (Phi) is 3.26. The highest BCUT2D eigenvalue weighted by atomic mass is 32.2. The molecule has 21 heavy (non-hydrogen) atoms. The molecular formula is C14H12N2O4S. The summed E-state index contributed by atoms with van der Waals surface area (Å²) in [6.07, 6.45) is 0. The van der Waals surface area contributed by atoms with Gasteiger partial charge in [0, 0.05) is 5.39 Å². The van der Waals surface area contributed by atoms with Gasteiger partial charge in [0.15, 0.2) is 5.58 Å². The van der Waals surface area contributed by atoms with Crippen LogP contribution in [0.5, 0.6) is 5.75 Å². The molecule has 3 aromatic rings.